The first kappa shape index (κ1) is 19.9. The minimum atomic E-state index is 0.128. The molecular weight excluding hydrogens is 404 g/mol. The largest absolute Gasteiger partial charge is 0.367 e. The number of pyridine rings is 2. The summed E-state index contributed by atoms with van der Waals surface area (Å²) < 4.78 is 2.01. The van der Waals surface area contributed by atoms with Gasteiger partial charge in [0.2, 0.25) is 11.9 Å². The van der Waals surface area contributed by atoms with Crippen molar-refractivity contribution >= 4 is 29.0 Å². The number of fused-ring (bicyclic) bond motifs is 1. The minimum Gasteiger partial charge on any atom is -0.367 e. The van der Waals surface area contributed by atoms with Crippen LogP contribution in [-0.4, -0.2) is 61.3 Å². The second kappa shape index (κ2) is 8.26. The first-order chi connectivity index (χ1) is 15.6. The predicted molar refractivity (Wildman–Crippen MR) is 123 cm³/mol. The van der Waals surface area contributed by atoms with E-state index in [1.165, 1.54) is 0 Å². The normalized spacial score (nSPS) is 14.1. The van der Waals surface area contributed by atoms with Crippen molar-refractivity contribution < 1.29 is 4.79 Å². The Bertz CT molecular complexity index is 1260. The molecule has 1 aliphatic heterocycles. The fourth-order valence-corrected chi connectivity index (χ4v) is 3.91. The Morgan fingerprint density at radius 2 is 1.81 bits per heavy atom. The molecule has 0 saturated carbocycles. The van der Waals surface area contributed by atoms with Crippen LogP contribution in [0.15, 0.2) is 55.1 Å². The average molecular weight is 429 g/mol. The highest BCUT2D eigenvalue weighted by Gasteiger charge is 2.19. The van der Waals surface area contributed by atoms with E-state index < -0.39 is 0 Å². The number of imidazole rings is 1. The summed E-state index contributed by atoms with van der Waals surface area (Å²) in [5.74, 6) is 1.28. The molecule has 0 aromatic carbocycles. The average Bonchev–Trinajstić information content (AvgIpc) is 3.25. The number of anilines is 3. The molecule has 4 aromatic rings. The number of nitrogens with one attached hydrogen (secondary N) is 1. The molecule has 1 saturated heterocycles. The molecule has 32 heavy (non-hydrogen) atoms. The number of aryl methyl sites for hydroxylation is 1. The van der Waals surface area contributed by atoms with Crippen molar-refractivity contribution in [2.75, 3.05) is 36.4 Å². The smallest absolute Gasteiger partial charge is 0.228 e. The van der Waals surface area contributed by atoms with E-state index >= 15 is 0 Å². The maximum atomic E-state index is 11.5. The van der Waals surface area contributed by atoms with Crippen molar-refractivity contribution in [2.24, 2.45) is 0 Å². The quantitative estimate of drug-likeness (QED) is 0.534. The molecule has 0 spiro atoms. The molecule has 0 unspecified atom stereocenters. The first-order valence-corrected chi connectivity index (χ1v) is 10.6. The van der Waals surface area contributed by atoms with Gasteiger partial charge in [-0.2, -0.15) is 0 Å². The van der Waals surface area contributed by atoms with E-state index in [9.17, 15) is 4.79 Å². The van der Waals surface area contributed by atoms with Gasteiger partial charge in [0.15, 0.2) is 0 Å². The lowest BCUT2D eigenvalue weighted by Crippen LogP contribution is -2.48. The molecule has 1 amide bonds. The maximum Gasteiger partial charge on any atom is 0.228 e. The van der Waals surface area contributed by atoms with Crippen LogP contribution in [0.5, 0.6) is 0 Å². The standard InChI is InChI=1S/C23H24N8O/c1-16-13-26-23(28-22(16)19-15-25-21-5-3-4-8-31(19)21)27-20-7-6-18(14-24-20)30-11-9-29(10-12-30)17(2)32/h3-8,13-15H,9-12H2,1-2H3,(H,24,26,27,28). The summed E-state index contributed by atoms with van der Waals surface area (Å²) in [4.78, 5) is 33.8. The lowest BCUT2D eigenvalue weighted by Gasteiger charge is -2.35. The molecule has 9 heteroatoms. The van der Waals surface area contributed by atoms with Gasteiger partial charge in [0.1, 0.15) is 11.5 Å². The Kier molecular flexibility index (Phi) is 5.14. The Balaban J connectivity index is 1.33. The van der Waals surface area contributed by atoms with Crippen LogP contribution in [0.25, 0.3) is 17.0 Å². The highest BCUT2D eigenvalue weighted by molar-refractivity contribution is 5.73. The fourth-order valence-electron chi connectivity index (χ4n) is 3.91. The highest BCUT2D eigenvalue weighted by Crippen LogP contribution is 2.24. The van der Waals surface area contributed by atoms with E-state index in [0.717, 1.165) is 54.5 Å². The molecule has 0 aliphatic carbocycles. The lowest BCUT2D eigenvalue weighted by atomic mass is 10.2. The lowest BCUT2D eigenvalue weighted by molar-refractivity contribution is -0.129. The van der Waals surface area contributed by atoms with Gasteiger partial charge in [-0.3, -0.25) is 9.20 Å². The van der Waals surface area contributed by atoms with Crippen LogP contribution >= 0.6 is 0 Å². The molecule has 0 bridgehead atoms. The molecular formula is C23H24N8O. The topological polar surface area (TPSA) is 91.6 Å². The van der Waals surface area contributed by atoms with Gasteiger partial charge in [0.05, 0.1) is 29.5 Å². The van der Waals surface area contributed by atoms with E-state index in [-0.39, 0.29) is 5.91 Å². The number of rotatable bonds is 4. The number of hydrogen-bond acceptors (Lipinski definition) is 7. The van der Waals surface area contributed by atoms with Gasteiger partial charge in [-0.15, -0.1) is 0 Å². The molecule has 1 fully saturated rings. The number of aromatic nitrogens is 5. The van der Waals surface area contributed by atoms with Crippen LogP contribution in [0, 0.1) is 6.92 Å². The number of carbonyl (C=O) groups is 1. The third-order valence-corrected chi connectivity index (χ3v) is 5.71. The molecule has 0 atom stereocenters. The summed E-state index contributed by atoms with van der Waals surface area (Å²) >= 11 is 0. The summed E-state index contributed by atoms with van der Waals surface area (Å²) in [5.41, 5.74) is 4.61. The van der Waals surface area contributed by atoms with E-state index in [2.05, 4.69) is 25.2 Å². The van der Waals surface area contributed by atoms with Gasteiger partial charge in [-0.05, 0) is 36.8 Å². The summed E-state index contributed by atoms with van der Waals surface area (Å²) in [6, 6.07) is 9.84. The van der Waals surface area contributed by atoms with Crippen LogP contribution in [-0.2, 0) is 4.79 Å². The molecule has 5 rings (SSSR count). The van der Waals surface area contributed by atoms with Crippen molar-refractivity contribution in [1.29, 1.82) is 0 Å². The van der Waals surface area contributed by atoms with Crippen LogP contribution in [0.2, 0.25) is 0 Å². The molecule has 1 aliphatic rings. The van der Waals surface area contributed by atoms with Crippen LogP contribution in [0.3, 0.4) is 0 Å². The monoisotopic (exact) mass is 428 g/mol. The molecule has 9 nitrogen and oxygen atoms in total. The third kappa shape index (κ3) is 3.84. The second-order valence-corrected chi connectivity index (χ2v) is 7.82. The van der Waals surface area contributed by atoms with E-state index in [1.54, 1.807) is 13.1 Å². The Morgan fingerprint density at radius 3 is 2.56 bits per heavy atom. The number of carbonyl (C=O) groups excluding carboxylic acids is 1. The third-order valence-electron chi connectivity index (χ3n) is 5.71. The van der Waals surface area contributed by atoms with Gasteiger partial charge < -0.3 is 15.1 Å². The maximum absolute atomic E-state index is 11.5. The fraction of sp³-hybridized carbons (Fsp3) is 0.261. The number of piperazine rings is 1. The van der Waals surface area contributed by atoms with Crippen molar-refractivity contribution in [1.82, 2.24) is 29.2 Å². The molecule has 162 valence electrons. The molecule has 1 N–H and O–H groups in total. The zero-order valence-electron chi connectivity index (χ0n) is 18.1. The Labute approximate surface area is 185 Å². The Hall–Kier alpha value is -4.01. The van der Waals surface area contributed by atoms with Crippen molar-refractivity contribution in [3.63, 3.8) is 0 Å². The highest BCUT2D eigenvalue weighted by atomic mass is 16.2. The number of amides is 1. The first-order valence-electron chi connectivity index (χ1n) is 10.6. The van der Waals surface area contributed by atoms with Crippen LogP contribution in [0.4, 0.5) is 17.5 Å². The van der Waals surface area contributed by atoms with Crippen LogP contribution < -0.4 is 10.2 Å². The zero-order chi connectivity index (χ0) is 22.1. The summed E-state index contributed by atoms with van der Waals surface area (Å²) in [5, 5.41) is 3.20. The van der Waals surface area contributed by atoms with E-state index in [4.69, 9.17) is 4.98 Å². The van der Waals surface area contributed by atoms with Gasteiger partial charge in [-0.1, -0.05) is 6.07 Å². The molecule has 0 radical (unpaired) electrons. The molecule has 5 heterocycles. The minimum absolute atomic E-state index is 0.128. The zero-order valence-corrected chi connectivity index (χ0v) is 18.1. The van der Waals surface area contributed by atoms with Gasteiger partial charge in [0, 0.05) is 45.5 Å². The van der Waals surface area contributed by atoms with Crippen LogP contribution in [0.1, 0.15) is 12.5 Å². The predicted octanol–water partition coefficient (Wildman–Crippen LogP) is 2.91. The van der Waals surface area contributed by atoms with Gasteiger partial charge in [0.25, 0.3) is 0 Å². The SMILES string of the molecule is CC(=O)N1CCN(c2ccc(Nc3ncc(C)c(-c4cnc5ccccn45)n3)nc2)CC1. The van der Waals surface area contributed by atoms with E-state index in [1.807, 2.05) is 65.1 Å². The second-order valence-electron chi connectivity index (χ2n) is 7.82. The molecule has 4 aromatic heterocycles. The van der Waals surface area contributed by atoms with E-state index in [0.29, 0.717) is 11.8 Å². The Morgan fingerprint density at radius 1 is 0.969 bits per heavy atom. The van der Waals surface area contributed by atoms with Gasteiger partial charge in [-0.25, -0.2) is 19.9 Å². The number of hydrogen-bond donors (Lipinski definition) is 1. The van der Waals surface area contributed by atoms with Gasteiger partial charge >= 0.3 is 0 Å². The van der Waals surface area contributed by atoms with Crippen molar-refractivity contribution in [3.8, 4) is 11.4 Å². The van der Waals surface area contributed by atoms with Crippen molar-refractivity contribution in [3.05, 3.63) is 60.7 Å². The number of nitrogens with zero attached hydrogens (tertiary/aromatic N) is 7. The van der Waals surface area contributed by atoms with Crippen molar-refractivity contribution in [2.45, 2.75) is 13.8 Å². The summed E-state index contributed by atoms with van der Waals surface area (Å²) in [6.45, 7) is 6.68. The summed E-state index contributed by atoms with van der Waals surface area (Å²) in [6.07, 6.45) is 7.44. The summed E-state index contributed by atoms with van der Waals surface area (Å²) in [7, 11) is 0.